The monoisotopic (exact) mass is 1780 g/mol. The van der Waals surface area contributed by atoms with Crippen molar-refractivity contribution in [3.63, 3.8) is 0 Å². The summed E-state index contributed by atoms with van der Waals surface area (Å²) in [4.78, 5) is 181. The first-order chi connectivity index (χ1) is 58.0. The maximum absolute atomic E-state index is 15.3. The molecule has 1 saturated carbocycles. The van der Waals surface area contributed by atoms with E-state index >= 15 is 19.2 Å². The highest BCUT2D eigenvalue weighted by molar-refractivity contribution is 8.77. The maximum atomic E-state index is 15.3. The van der Waals surface area contributed by atoms with Crippen LogP contribution in [0.15, 0.2) is 121 Å². The molecule has 34 nitrogen and oxygen atoms in total. The van der Waals surface area contributed by atoms with Crippen molar-refractivity contribution >= 4 is 143 Å². The van der Waals surface area contributed by atoms with Crippen LogP contribution in [0.5, 0.6) is 11.5 Å². The predicted octanol–water partition coefficient (Wildman–Crippen LogP) is 2.92. The van der Waals surface area contributed by atoms with Crippen molar-refractivity contribution < 1.29 is 96.5 Å². The molecule has 1 aliphatic carbocycles. The standard InChI is InChI=1S/C83H107ClN14O20S4/c1-43-18-17-24-63(115-9)83(113)69-68(116-80(112)96-83)44(2)70-81(5,117-70)82(69,38-65(102)98(7)61-35-49(32-43)36-62(114-8)66(61)84)118-79(111)45(3)97(6)64(101)29-31-119-120-40-58(71(87)103)92-77(109)60-42-122-121-41-59(93-72(104)53(86)33-47-19-11-10-12-20-47)76(108)90-56(34-48-25-27-51(100)28-26-48)74(106)91-57(37-50-39-88-54-22-14-13-21-52(50)54)75(107)89-55(23-15-16-30-85)73(105)95-67(46(4)99)78(110)94-60/h10-14,17-22,24-28,35-36,39,44-46,53,55-60,63,67-70,88,99-100,113H,15-16,23,29-34,37-38,40-42,85-86H2,1-9H3,(H2,87,103)(H,89,107)(H,90,108)(H,91,106)(H,92,109)(H,93,104)(H,94,110)(H,95,105)(H,96,112)/b24-17+,43-18+/t44-,45+,46-,53-,55+,56+,57-,58+,59+,60+,63-,67+,68-,69?,70+,81-,82-,83-/m1/s1. The van der Waals surface area contributed by atoms with Crippen molar-refractivity contribution in [3.8, 4) is 11.5 Å². The number of unbranched alkanes of at least 4 members (excludes halogenated alkanes) is 1. The second-order valence-electron chi connectivity index (χ2n) is 31.2. The predicted molar refractivity (Wildman–Crippen MR) is 462 cm³/mol. The Morgan fingerprint density at radius 2 is 1.52 bits per heavy atom. The van der Waals surface area contributed by atoms with Gasteiger partial charge < -0.3 is 108 Å². The number of carbonyl (C=O) groups is 12. The number of hydrogen-bond donors (Lipinski definition) is 15. The Bertz CT molecular complexity index is 4730. The van der Waals surface area contributed by atoms with Crippen LogP contribution >= 0.6 is 54.8 Å². The summed E-state index contributed by atoms with van der Waals surface area (Å²) in [6.45, 7) is 8.03. The fourth-order valence-corrected chi connectivity index (χ4v) is 20.4. The van der Waals surface area contributed by atoms with Crippen LogP contribution in [-0.4, -0.2) is 250 Å². The summed E-state index contributed by atoms with van der Waals surface area (Å²) in [5, 5.41) is 57.0. The second-order valence-corrected chi connectivity index (χ2v) is 36.8. The number of nitrogens with one attached hydrogen (secondary N) is 9. The lowest BCUT2D eigenvalue weighted by Gasteiger charge is -2.58. The number of aliphatic hydroxyl groups is 2. The van der Waals surface area contributed by atoms with Crippen molar-refractivity contribution in [1.82, 2.24) is 52.4 Å². The quantitative estimate of drug-likeness (QED) is 0.0155. The van der Waals surface area contributed by atoms with E-state index in [1.807, 2.05) is 13.0 Å². The Hall–Kier alpha value is -9.61. The number of allylic oxidation sites excluding steroid dienone is 3. The number of benzene rings is 4. The van der Waals surface area contributed by atoms with Crippen LogP contribution in [0.4, 0.5) is 10.5 Å². The number of para-hydroxylation sites is 1. The van der Waals surface area contributed by atoms with Gasteiger partial charge in [-0.2, -0.15) is 0 Å². The number of likely N-dealkylation sites (N-methyl/N-ethyl adjacent to an activating group) is 1. The largest absolute Gasteiger partial charge is 0.508 e. The number of hydrogen-bond acceptors (Lipinski definition) is 26. The number of nitrogens with two attached hydrogens (primary N) is 3. The molecule has 0 radical (unpaired) electrons. The fourth-order valence-electron chi connectivity index (χ4n) is 15.6. The molecule has 1 aromatic heterocycles. The number of aromatic nitrogens is 1. The molecule has 1 unspecified atom stereocenters. The van der Waals surface area contributed by atoms with E-state index in [-0.39, 0.29) is 90.3 Å². The molecule has 11 amide bonds. The molecular formula is C83H107ClN14O20S4. The van der Waals surface area contributed by atoms with Crippen molar-refractivity contribution in [1.29, 1.82) is 0 Å². The number of epoxide rings is 1. The lowest BCUT2D eigenvalue weighted by molar-refractivity contribution is -0.265. The summed E-state index contributed by atoms with van der Waals surface area (Å²) in [6, 6.07) is 11.8. The third-order valence-electron chi connectivity index (χ3n) is 22.6. The van der Waals surface area contributed by atoms with E-state index in [1.165, 1.54) is 77.4 Å². The van der Waals surface area contributed by atoms with E-state index in [9.17, 15) is 53.7 Å². The van der Waals surface area contributed by atoms with Crippen LogP contribution in [-0.2, 0) is 97.4 Å². The van der Waals surface area contributed by atoms with E-state index < -0.39 is 185 Å². The molecule has 0 spiro atoms. The summed E-state index contributed by atoms with van der Waals surface area (Å²) < 4.78 is 30.8. The number of esters is 1. The number of halogens is 1. The number of nitrogens with zero attached hydrogens (tertiary/aromatic N) is 2. The number of ether oxygens (including phenoxy) is 5. The van der Waals surface area contributed by atoms with Crippen LogP contribution in [0.2, 0.25) is 5.02 Å². The number of alkyl carbamates (subject to hydrolysis) is 1. The number of aromatic amines is 1. The number of fused-ring (bicyclic) bond motifs is 5. The van der Waals surface area contributed by atoms with Gasteiger partial charge in [0.2, 0.25) is 59.1 Å². The lowest BCUT2D eigenvalue weighted by Crippen LogP contribution is -2.79. The molecule has 4 aromatic carbocycles. The molecule has 5 aromatic rings. The van der Waals surface area contributed by atoms with E-state index in [1.54, 1.807) is 92.9 Å². The molecule has 18 N–H and O–H groups in total. The van der Waals surface area contributed by atoms with Crippen molar-refractivity contribution in [2.24, 2.45) is 29.0 Å². The Kier molecular flexibility index (Phi) is 32.7. The first-order valence-electron chi connectivity index (χ1n) is 39.8. The summed E-state index contributed by atoms with van der Waals surface area (Å²) in [7, 11) is 9.53. The zero-order valence-electron chi connectivity index (χ0n) is 68.9. The van der Waals surface area contributed by atoms with Gasteiger partial charge in [-0.1, -0.05) is 146 Å². The van der Waals surface area contributed by atoms with Gasteiger partial charge in [0, 0.05) is 86.5 Å². The number of amides is 11. The number of phenolic OH excluding ortho intramolecular Hbond substituents is 1. The van der Waals surface area contributed by atoms with Crippen LogP contribution in [0.1, 0.15) is 89.0 Å². The van der Waals surface area contributed by atoms with Crippen molar-refractivity contribution in [2.75, 3.05) is 62.8 Å². The van der Waals surface area contributed by atoms with Gasteiger partial charge in [-0.3, -0.25) is 53.3 Å². The van der Waals surface area contributed by atoms with Crippen molar-refractivity contribution in [2.45, 2.75) is 188 Å². The third kappa shape index (κ3) is 22.7. The SMILES string of the molecule is COc1cc2cc(c1Cl)N(C)C(=O)C[C@@]1(OC(=O)[C@H](C)N(C)C(=O)CCSSC[C@H](NC(=O)[C@@H]3CSSC[C@H](NC(=O)[C@H](N)Cc4ccccc4)C(=O)N[C@@H](Cc4ccc(O)cc4)C(=O)N[C@H](Cc4c[nH]c5ccccc45)C(=O)N[C@@H](CCCCN)C(=O)N[C@@H]([C@@H](C)O)C(=O)N3)C(N)=O)C3[C@H](OC(=O)N[C@@]3(O)[C@H](OC)/C=C/C=C(\C)C2)[C@@H](C)[C@@H]2O[C@]21C. The molecule has 122 heavy (non-hydrogen) atoms. The summed E-state index contributed by atoms with van der Waals surface area (Å²) in [6.07, 6.45) is 0.0469. The molecule has 3 saturated heterocycles. The number of aromatic hydroxyl groups is 1. The number of aliphatic hydroxyl groups excluding tert-OH is 1. The Balaban J connectivity index is 0.872. The van der Waals surface area contributed by atoms with Gasteiger partial charge in [0.25, 0.3) is 0 Å². The minimum atomic E-state index is -2.48. The maximum Gasteiger partial charge on any atom is 0.409 e. The van der Waals surface area contributed by atoms with E-state index in [4.69, 9.17) is 52.5 Å². The number of anilines is 1. The average Bonchev–Trinajstić information content (AvgIpc) is 1.49. The van der Waals surface area contributed by atoms with Gasteiger partial charge in [0.05, 0.1) is 43.4 Å². The number of H-pyrrole nitrogens is 1. The normalized spacial score (nSPS) is 27.9. The Morgan fingerprint density at radius 1 is 0.844 bits per heavy atom. The van der Waals surface area contributed by atoms with E-state index in [0.29, 0.717) is 40.4 Å². The first-order valence-corrected chi connectivity index (χ1v) is 45.2. The van der Waals surface area contributed by atoms with Crippen molar-refractivity contribution in [3.05, 3.63) is 148 Å². The topological polar surface area (TPSA) is 512 Å². The summed E-state index contributed by atoms with van der Waals surface area (Å²) in [5.74, 6) is -12.7. The molecule has 5 aliphatic rings. The number of rotatable bonds is 27. The molecule has 10 rings (SSSR count). The van der Waals surface area contributed by atoms with Gasteiger partial charge in [-0.05, 0) is 119 Å². The van der Waals surface area contributed by atoms with Gasteiger partial charge in [-0.15, -0.1) is 0 Å². The minimum Gasteiger partial charge on any atom is -0.508 e. The van der Waals surface area contributed by atoms with Gasteiger partial charge in [0.1, 0.15) is 82.7 Å². The lowest BCUT2D eigenvalue weighted by atomic mass is 9.57. The number of methoxy groups -OCH3 is 2. The second kappa shape index (κ2) is 42.2. The Morgan fingerprint density at radius 3 is 2.20 bits per heavy atom. The zero-order chi connectivity index (χ0) is 88.7. The fraction of sp³-hybridized carbons (Fsp3) is 0.494. The summed E-state index contributed by atoms with van der Waals surface area (Å²) in [5.41, 5.74) is 16.3. The number of phenols is 1. The van der Waals surface area contributed by atoms with Gasteiger partial charge in [0.15, 0.2) is 11.3 Å². The first kappa shape index (κ1) is 94.6. The molecule has 2 bridgehead atoms. The summed E-state index contributed by atoms with van der Waals surface area (Å²) >= 11 is 6.95. The molecule has 5 heterocycles. The number of carbonyl (C=O) groups excluding carboxylic acids is 12. The van der Waals surface area contributed by atoms with E-state index in [2.05, 4.69) is 47.5 Å². The van der Waals surface area contributed by atoms with Gasteiger partial charge >= 0.3 is 12.1 Å². The van der Waals surface area contributed by atoms with Crippen LogP contribution in [0.3, 0.4) is 0 Å². The molecule has 39 heteroatoms. The van der Waals surface area contributed by atoms with Crippen LogP contribution in [0, 0.1) is 11.8 Å². The Labute approximate surface area is 726 Å². The smallest absolute Gasteiger partial charge is 0.409 e. The molecule has 18 atom stereocenters. The third-order valence-corrected chi connectivity index (χ3v) is 27.9. The average molecular weight is 1780 g/mol. The van der Waals surface area contributed by atoms with Crippen LogP contribution < -0.4 is 69.4 Å². The number of primary amides is 1. The highest BCUT2D eigenvalue weighted by Crippen LogP contribution is 2.65. The molecule has 660 valence electrons. The van der Waals surface area contributed by atoms with Crippen LogP contribution in [0.25, 0.3) is 10.9 Å². The zero-order valence-corrected chi connectivity index (χ0v) is 73.0. The highest BCUT2D eigenvalue weighted by Gasteiger charge is 2.83. The molecule has 4 aliphatic heterocycles. The molecule has 4 fully saturated rings. The van der Waals surface area contributed by atoms with Gasteiger partial charge in [-0.25, -0.2) is 9.59 Å². The minimum absolute atomic E-state index is 0.0289. The molecular weight excluding hydrogens is 1680 g/mol. The highest BCUT2D eigenvalue weighted by atomic mass is 35.5. The van der Waals surface area contributed by atoms with E-state index in [0.717, 1.165) is 59.2 Å².